The maximum atomic E-state index is 12.5. The molecule has 0 radical (unpaired) electrons. The van der Waals surface area contributed by atoms with Crippen LogP contribution in [-0.4, -0.2) is 53.5 Å². The van der Waals surface area contributed by atoms with Gasteiger partial charge in [0.1, 0.15) is 0 Å². The lowest BCUT2D eigenvalue weighted by molar-refractivity contribution is -0.234. The number of nitrogens with two attached hydrogens (primary N) is 1. The molecule has 6 N–H and O–H groups in total. The molecule has 42 heavy (non-hydrogen) atoms. The number of hydrogen-bond donors (Lipinski definition) is 5. The summed E-state index contributed by atoms with van der Waals surface area (Å²) in [4.78, 5) is 12.2. The van der Waals surface area contributed by atoms with Gasteiger partial charge in [0, 0.05) is 30.8 Å². The summed E-state index contributed by atoms with van der Waals surface area (Å²) in [5, 5.41) is 30.2. The predicted molar refractivity (Wildman–Crippen MR) is 173 cm³/mol. The quantitative estimate of drug-likeness (QED) is 0.147. The van der Waals surface area contributed by atoms with Gasteiger partial charge in [-0.2, -0.15) is 0 Å². The molecule has 4 fully saturated rings. The number of unbranched alkanes of at least 4 members (excludes halogenated alkanes) is 2. The fourth-order valence-corrected chi connectivity index (χ4v) is 10.9. The first-order valence-electron chi connectivity index (χ1n) is 18.1. The molecule has 6 heteroatoms. The van der Waals surface area contributed by atoms with Crippen molar-refractivity contribution in [3.05, 3.63) is 0 Å². The minimum atomic E-state index is -0.881. The van der Waals surface area contributed by atoms with E-state index in [9.17, 15) is 15.0 Å². The summed E-state index contributed by atoms with van der Waals surface area (Å²) in [6.45, 7) is 14.4. The first-order chi connectivity index (χ1) is 20.0. The van der Waals surface area contributed by atoms with Gasteiger partial charge in [-0.1, -0.05) is 60.3 Å². The lowest BCUT2D eigenvalue weighted by atomic mass is 9.42. The third-order valence-corrected chi connectivity index (χ3v) is 13.2. The van der Waals surface area contributed by atoms with Crippen molar-refractivity contribution in [2.24, 2.45) is 52.1 Å². The van der Waals surface area contributed by atoms with Crippen molar-refractivity contribution < 1.29 is 15.0 Å². The van der Waals surface area contributed by atoms with E-state index in [-0.39, 0.29) is 17.4 Å². The summed E-state index contributed by atoms with van der Waals surface area (Å²) in [5.41, 5.74) is 4.93. The number of aliphatic hydroxyl groups is 2. The first-order valence-corrected chi connectivity index (χ1v) is 18.1. The van der Waals surface area contributed by atoms with Crippen LogP contribution in [-0.2, 0) is 4.79 Å². The molecule has 0 bridgehead atoms. The van der Waals surface area contributed by atoms with E-state index in [4.69, 9.17) is 5.73 Å². The van der Waals surface area contributed by atoms with Crippen molar-refractivity contribution in [3.8, 4) is 0 Å². The maximum absolute atomic E-state index is 12.5. The maximum Gasteiger partial charge on any atom is 0.219 e. The molecule has 0 spiro atoms. The molecule has 4 aliphatic carbocycles. The molecule has 4 saturated carbocycles. The van der Waals surface area contributed by atoms with Gasteiger partial charge in [0.25, 0.3) is 0 Å². The largest absolute Gasteiger partial charge is 0.393 e. The Kier molecular flexibility index (Phi) is 11.9. The van der Waals surface area contributed by atoms with Gasteiger partial charge in [-0.05, 0) is 118 Å². The van der Waals surface area contributed by atoms with Crippen LogP contribution in [0.5, 0.6) is 0 Å². The van der Waals surface area contributed by atoms with E-state index >= 15 is 0 Å². The molecule has 0 aliphatic heterocycles. The Morgan fingerprint density at radius 1 is 0.929 bits per heavy atom. The molecule has 4 aliphatic rings. The molecular weight excluding hydrogens is 522 g/mol. The highest BCUT2D eigenvalue weighted by atomic mass is 16.3. The topological polar surface area (TPSA) is 108 Å². The average Bonchev–Trinajstić information content (AvgIpc) is 3.29. The number of nitrogens with one attached hydrogen (secondary N) is 2. The molecule has 1 amide bonds. The van der Waals surface area contributed by atoms with Crippen LogP contribution in [0.2, 0.25) is 0 Å². The molecule has 0 unspecified atom stereocenters. The Hall–Kier alpha value is -0.690. The van der Waals surface area contributed by atoms with Gasteiger partial charge in [0.2, 0.25) is 5.91 Å². The third kappa shape index (κ3) is 7.07. The van der Waals surface area contributed by atoms with Gasteiger partial charge in [0.05, 0.1) is 11.7 Å². The minimum absolute atomic E-state index is 0.00414. The van der Waals surface area contributed by atoms with Gasteiger partial charge in [0.15, 0.2) is 0 Å². The molecule has 0 heterocycles. The van der Waals surface area contributed by atoms with Gasteiger partial charge < -0.3 is 26.6 Å². The summed E-state index contributed by atoms with van der Waals surface area (Å²) in [6, 6.07) is -0.00414. The second kappa shape index (κ2) is 14.6. The highest BCUT2D eigenvalue weighted by molar-refractivity contribution is 5.75. The van der Waals surface area contributed by atoms with Crippen molar-refractivity contribution in [1.82, 2.24) is 10.6 Å². The van der Waals surface area contributed by atoms with Gasteiger partial charge in [-0.15, -0.1) is 0 Å². The van der Waals surface area contributed by atoms with Crippen LogP contribution in [0, 0.1) is 46.3 Å². The number of rotatable bonds is 15. The Bertz CT molecular complexity index is 868. The average molecular weight is 590 g/mol. The van der Waals surface area contributed by atoms with E-state index in [1.54, 1.807) is 0 Å². The monoisotopic (exact) mass is 590 g/mol. The van der Waals surface area contributed by atoms with Crippen LogP contribution >= 0.6 is 0 Å². The number of carbonyl (C=O) groups is 1. The van der Waals surface area contributed by atoms with Crippen molar-refractivity contribution in [2.75, 3.05) is 19.6 Å². The van der Waals surface area contributed by atoms with E-state index in [2.05, 4.69) is 45.3 Å². The van der Waals surface area contributed by atoms with Crippen LogP contribution in [0.1, 0.15) is 137 Å². The Morgan fingerprint density at radius 2 is 1.71 bits per heavy atom. The number of hydrogen-bond acceptors (Lipinski definition) is 5. The summed E-state index contributed by atoms with van der Waals surface area (Å²) >= 11 is 0. The minimum Gasteiger partial charge on any atom is -0.393 e. The molecule has 0 aromatic rings. The number of carbonyl (C=O) groups excluding carboxylic acids is 1. The molecule has 0 aromatic carbocycles. The lowest BCUT2D eigenvalue weighted by Gasteiger charge is -2.66. The fourth-order valence-electron chi connectivity index (χ4n) is 10.9. The van der Waals surface area contributed by atoms with Crippen LogP contribution in [0.15, 0.2) is 0 Å². The second-order valence-corrected chi connectivity index (χ2v) is 16.2. The van der Waals surface area contributed by atoms with Crippen LogP contribution in [0.4, 0.5) is 0 Å². The van der Waals surface area contributed by atoms with Gasteiger partial charge in [-0.25, -0.2) is 0 Å². The van der Waals surface area contributed by atoms with E-state index in [1.165, 1.54) is 44.9 Å². The Morgan fingerprint density at radius 3 is 2.45 bits per heavy atom. The summed E-state index contributed by atoms with van der Waals surface area (Å²) < 4.78 is 0. The Labute approximate surface area is 258 Å². The molecule has 10 atom stereocenters. The van der Waals surface area contributed by atoms with Crippen molar-refractivity contribution in [3.63, 3.8) is 0 Å². The smallest absolute Gasteiger partial charge is 0.219 e. The zero-order valence-corrected chi connectivity index (χ0v) is 27.9. The predicted octanol–water partition coefficient (Wildman–Crippen LogP) is 6.18. The standard InChI is InChI=1S/C36H67N3O3/c1-25(2)11-9-12-26(3)29-14-15-30-28-23-32(38-21-10-22-39-33(41)13-7-6-8-20-37)36(42)24-27(40)16-19-35(36,5)31(28)17-18-34(29,30)4/h25-32,38,40,42H,6-24,37H2,1-5H3,(H,39,41)/t26-,27+,28+,29-,30+,31+,32-,34-,35-,36+/m1/s1. The number of fused-ring (bicyclic) bond motifs is 5. The molecule has 4 rings (SSSR count). The van der Waals surface area contributed by atoms with Crippen molar-refractivity contribution in [2.45, 2.75) is 155 Å². The Balaban J connectivity index is 1.41. The highest BCUT2D eigenvalue weighted by Gasteiger charge is 2.67. The molecule has 0 saturated heterocycles. The van der Waals surface area contributed by atoms with E-state index in [1.807, 2.05) is 0 Å². The van der Waals surface area contributed by atoms with E-state index in [0.717, 1.165) is 75.2 Å². The SMILES string of the molecule is CC(C)CCC[C@@H](C)[C@H]1CC[C@H]2[C@@H]3C[C@@H](NCCCNC(=O)CCCCCN)[C@@]4(O)C[C@@H](O)CC[C@]4(C)[C@H]3CC[C@]12C. The van der Waals surface area contributed by atoms with Crippen molar-refractivity contribution in [1.29, 1.82) is 0 Å². The molecule has 6 nitrogen and oxygen atoms in total. The van der Waals surface area contributed by atoms with Gasteiger partial charge in [-0.3, -0.25) is 4.79 Å². The third-order valence-electron chi connectivity index (χ3n) is 13.2. The first kappa shape index (κ1) is 34.2. The normalized spacial score (nSPS) is 40.3. The van der Waals surface area contributed by atoms with Gasteiger partial charge >= 0.3 is 0 Å². The van der Waals surface area contributed by atoms with Crippen LogP contribution in [0.3, 0.4) is 0 Å². The fraction of sp³-hybridized carbons (Fsp3) is 0.972. The molecule has 244 valence electrons. The lowest BCUT2D eigenvalue weighted by Crippen LogP contribution is -2.71. The van der Waals surface area contributed by atoms with Crippen molar-refractivity contribution >= 4 is 5.91 Å². The van der Waals surface area contributed by atoms with E-state index in [0.29, 0.717) is 43.2 Å². The summed E-state index contributed by atoms with van der Waals surface area (Å²) in [6.07, 6.45) is 16.5. The second-order valence-electron chi connectivity index (χ2n) is 16.2. The molecular formula is C36H67N3O3. The molecule has 0 aromatic heterocycles. The highest BCUT2D eigenvalue weighted by Crippen LogP contribution is 2.69. The van der Waals surface area contributed by atoms with E-state index < -0.39 is 11.7 Å². The summed E-state index contributed by atoms with van der Waals surface area (Å²) in [7, 11) is 0. The van der Waals surface area contributed by atoms with Crippen LogP contribution in [0.25, 0.3) is 0 Å². The zero-order valence-electron chi connectivity index (χ0n) is 27.9. The number of amides is 1. The zero-order chi connectivity index (χ0) is 30.5. The number of aliphatic hydroxyl groups excluding tert-OH is 1. The van der Waals surface area contributed by atoms with Crippen LogP contribution < -0.4 is 16.4 Å². The summed E-state index contributed by atoms with van der Waals surface area (Å²) in [5.74, 6) is 4.46.